The fraction of sp³-hybridized carbons (Fsp3) is 0.562. The number of carboxylic acids is 1. The van der Waals surface area contributed by atoms with E-state index in [2.05, 4.69) is 6.92 Å². The standard InChI is InChI=1S/C16H24O5/c1-2-3-9-19-12-13-20-10-6-11-21-15-8-5-4-7-14(15)16(17)18/h4-5,7-8H,2-3,6,9-13H2,1H3,(H,17,18). The van der Waals surface area contributed by atoms with Crippen LogP contribution >= 0.6 is 0 Å². The molecule has 21 heavy (non-hydrogen) atoms. The van der Waals surface area contributed by atoms with Gasteiger partial charge < -0.3 is 19.3 Å². The van der Waals surface area contributed by atoms with Crippen molar-refractivity contribution in [1.82, 2.24) is 0 Å². The van der Waals surface area contributed by atoms with E-state index < -0.39 is 5.97 Å². The number of para-hydroxylation sites is 1. The lowest BCUT2D eigenvalue weighted by molar-refractivity contribution is 0.0425. The largest absolute Gasteiger partial charge is 0.493 e. The number of carboxylic acid groups (broad SMARTS) is 1. The Labute approximate surface area is 125 Å². The number of carbonyl (C=O) groups is 1. The van der Waals surface area contributed by atoms with Gasteiger partial charge in [0.25, 0.3) is 0 Å². The molecule has 0 fully saturated rings. The molecule has 5 heteroatoms. The Morgan fingerprint density at radius 3 is 2.33 bits per heavy atom. The van der Waals surface area contributed by atoms with Gasteiger partial charge in [0.2, 0.25) is 0 Å². The number of unbranched alkanes of at least 4 members (excludes halogenated alkanes) is 1. The number of hydrogen-bond acceptors (Lipinski definition) is 4. The molecule has 0 bridgehead atoms. The first-order valence-electron chi connectivity index (χ1n) is 7.36. The summed E-state index contributed by atoms with van der Waals surface area (Å²) >= 11 is 0. The number of hydrogen-bond donors (Lipinski definition) is 1. The number of rotatable bonds is 12. The first kappa shape index (κ1) is 17.5. The van der Waals surface area contributed by atoms with Gasteiger partial charge in [-0.15, -0.1) is 0 Å². The molecule has 0 saturated carbocycles. The van der Waals surface area contributed by atoms with E-state index in [1.165, 1.54) is 6.07 Å². The lowest BCUT2D eigenvalue weighted by Crippen LogP contribution is -2.09. The first-order valence-corrected chi connectivity index (χ1v) is 7.36. The third-order valence-corrected chi connectivity index (χ3v) is 2.82. The average Bonchev–Trinajstić information content (AvgIpc) is 2.49. The molecule has 1 rings (SSSR count). The van der Waals surface area contributed by atoms with E-state index in [9.17, 15) is 4.79 Å². The maximum atomic E-state index is 11.0. The molecular formula is C16H24O5. The monoisotopic (exact) mass is 296 g/mol. The summed E-state index contributed by atoms with van der Waals surface area (Å²) in [6.45, 7) is 5.11. The molecule has 0 aliphatic rings. The maximum Gasteiger partial charge on any atom is 0.339 e. The fourth-order valence-electron chi connectivity index (χ4n) is 1.68. The van der Waals surface area contributed by atoms with Gasteiger partial charge in [-0.2, -0.15) is 0 Å². The van der Waals surface area contributed by atoms with Gasteiger partial charge in [-0.3, -0.25) is 0 Å². The van der Waals surface area contributed by atoms with Crippen molar-refractivity contribution in [2.45, 2.75) is 26.2 Å². The highest BCUT2D eigenvalue weighted by Gasteiger charge is 2.09. The molecule has 1 N–H and O–H groups in total. The van der Waals surface area contributed by atoms with Gasteiger partial charge in [-0.1, -0.05) is 25.5 Å². The molecule has 5 nitrogen and oxygen atoms in total. The van der Waals surface area contributed by atoms with Crippen molar-refractivity contribution >= 4 is 5.97 Å². The summed E-state index contributed by atoms with van der Waals surface area (Å²) in [5.41, 5.74) is 0.183. The van der Waals surface area contributed by atoms with Crippen LogP contribution in [0.5, 0.6) is 5.75 Å². The summed E-state index contributed by atoms with van der Waals surface area (Å²) < 4.78 is 16.2. The van der Waals surface area contributed by atoms with Gasteiger partial charge in [-0.05, 0) is 18.6 Å². The topological polar surface area (TPSA) is 65.0 Å². The summed E-state index contributed by atoms with van der Waals surface area (Å²) in [7, 11) is 0. The van der Waals surface area contributed by atoms with Crippen molar-refractivity contribution in [3.63, 3.8) is 0 Å². The highest BCUT2D eigenvalue weighted by molar-refractivity contribution is 5.90. The van der Waals surface area contributed by atoms with Crippen molar-refractivity contribution in [3.8, 4) is 5.75 Å². The van der Waals surface area contributed by atoms with Crippen LogP contribution in [0.25, 0.3) is 0 Å². The Hall–Kier alpha value is -1.59. The summed E-state index contributed by atoms with van der Waals surface area (Å²) in [6, 6.07) is 6.62. The van der Waals surface area contributed by atoms with Crippen LogP contribution in [-0.2, 0) is 9.47 Å². The van der Waals surface area contributed by atoms with Crippen molar-refractivity contribution in [1.29, 1.82) is 0 Å². The van der Waals surface area contributed by atoms with Crippen LogP contribution in [0.4, 0.5) is 0 Å². The zero-order chi connectivity index (χ0) is 15.3. The smallest absolute Gasteiger partial charge is 0.339 e. The predicted molar refractivity (Wildman–Crippen MR) is 80.1 cm³/mol. The minimum absolute atomic E-state index is 0.183. The maximum absolute atomic E-state index is 11.0. The quantitative estimate of drug-likeness (QED) is 0.601. The van der Waals surface area contributed by atoms with Crippen molar-refractivity contribution in [3.05, 3.63) is 29.8 Å². The minimum atomic E-state index is -0.980. The lowest BCUT2D eigenvalue weighted by Gasteiger charge is -2.09. The average molecular weight is 296 g/mol. The van der Waals surface area contributed by atoms with E-state index >= 15 is 0 Å². The lowest BCUT2D eigenvalue weighted by atomic mass is 10.2. The molecule has 1 aromatic rings. The Balaban J connectivity index is 2.06. The first-order chi connectivity index (χ1) is 10.3. The van der Waals surface area contributed by atoms with Crippen LogP contribution in [0.2, 0.25) is 0 Å². The van der Waals surface area contributed by atoms with Gasteiger partial charge in [0.05, 0.1) is 19.8 Å². The summed E-state index contributed by atoms with van der Waals surface area (Å²) in [4.78, 5) is 11.0. The number of benzene rings is 1. The van der Waals surface area contributed by atoms with E-state index in [-0.39, 0.29) is 5.56 Å². The van der Waals surface area contributed by atoms with E-state index in [4.69, 9.17) is 19.3 Å². The molecule has 0 saturated heterocycles. The molecule has 118 valence electrons. The molecule has 1 aromatic carbocycles. The van der Waals surface area contributed by atoms with Crippen LogP contribution in [0, 0.1) is 0 Å². The second-order valence-corrected chi connectivity index (χ2v) is 4.58. The molecule has 0 heterocycles. The Kier molecular flexibility index (Phi) is 9.24. The number of ether oxygens (including phenoxy) is 3. The molecule has 0 aliphatic carbocycles. The predicted octanol–water partition coefficient (Wildman–Crippen LogP) is 2.99. The third-order valence-electron chi connectivity index (χ3n) is 2.82. The Bertz CT molecular complexity index is 405. The Morgan fingerprint density at radius 1 is 1.00 bits per heavy atom. The Morgan fingerprint density at radius 2 is 1.67 bits per heavy atom. The van der Waals surface area contributed by atoms with Crippen LogP contribution in [-0.4, -0.2) is 44.1 Å². The summed E-state index contributed by atoms with van der Waals surface area (Å²) in [5.74, 6) is -0.584. The van der Waals surface area contributed by atoms with Gasteiger partial charge in [0.15, 0.2) is 0 Å². The van der Waals surface area contributed by atoms with Crippen LogP contribution < -0.4 is 4.74 Å². The SMILES string of the molecule is CCCCOCCOCCCOc1ccccc1C(=O)O. The fourth-order valence-corrected chi connectivity index (χ4v) is 1.68. The van der Waals surface area contributed by atoms with Crippen molar-refractivity contribution in [2.24, 2.45) is 0 Å². The van der Waals surface area contributed by atoms with E-state index in [1.807, 2.05) is 0 Å². The van der Waals surface area contributed by atoms with Crippen LogP contribution in [0.3, 0.4) is 0 Å². The zero-order valence-corrected chi connectivity index (χ0v) is 12.5. The molecule has 0 aromatic heterocycles. The molecule has 0 spiro atoms. The van der Waals surface area contributed by atoms with E-state index in [0.717, 1.165) is 19.4 Å². The third kappa shape index (κ3) is 7.68. The molecular weight excluding hydrogens is 272 g/mol. The molecule has 0 amide bonds. The number of aromatic carboxylic acids is 1. The van der Waals surface area contributed by atoms with Gasteiger partial charge >= 0.3 is 5.97 Å². The van der Waals surface area contributed by atoms with Gasteiger partial charge in [0, 0.05) is 19.6 Å². The molecule has 0 radical (unpaired) electrons. The second-order valence-electron chi connectivity index (χ2n) is 4.58. The van der Waals surface area contributed by atoms with Crippen molar-refractivity contribution in [2.75, 3.05) is 33.0 Å². The molecule has 0 unspecified atom stereocenters. The molecule has 0 atom stereocenters. The van der Waals surface area contributed by atoms with E-state index in [1.54, 1.807) is 18.2 Å². The normalized spacial score (nSPS) is 10.5. The molecule has 0 aliphatic heterocycles. The van der Waals surface area contributed by atoms with Gasteiger partial charge in [-0.25, -0.2) is 4.79 Å². The minimum Gasteiger partial charge on any atom is -0.493 e. The summed E-state index contributed by atoms with van der Waals surface area (Å²) in [6.07, 6.45) is 2.93. The van der Waals surface area contributed by atoms with Crippen LogP contribution in [0.1, 0.15) is 36.5 Å². The highest BCUT2D eigenvalue weighted by atomic mass is 16.5. The second kappa shape index (κ2) is 11.1. The van der Waals surface area contributed by atoms with Crippen molar-refractivity contribution < 1.29 is 24.1 Å². The van der Waals surface area contributed by atoms with Crippen LogP contribution in [0.15, 0.2) is 24.3 Å². The zero-order valence-electron chi connectivity index (χ0n) is 12.5. The van der Waals surface area contributed by atoms with Gasteiger partial charge in [0.1, 0.15) is 11.3 Å². The van der Waals surface area contributed by atoms with E-state index in [0.29, 0.717) is 38.6 Å². The summed E-state index contributed by atoms with van der Waals surface area (Å²) in [5, 5.41) is 9.01. The highest BCUT2D eigenvalue weighted by Crippen LogP contribution is 2.17.